The molecule has 1 fully saturated rings. The molecular formula is C26H37N5O. The van der Waals surface area contributed by atoms with Gasteiger partial charge in [-0.15, -0.1) is 0 Å². The molecule has 2 aromatic rings. The predicted octanol–water partition coefficient (Wildman–Crippen LogP) is 2.76. The highest BCUT2D eigenvalue weighted by molar-refractivity contribution is 5.76. The molecule has 2 aliphatic rings. The number of aromatic nitrogens is 1. The second-order valence-electron chi connectivity index (χ2n) is 9.15. The minimum Gasteiger partial charge on any atom is -0.340 e. The first-order chi connectivity index (χ1) is 15.7. The molecule has 4 rings (SSSR count). The van der Waals surface area contributed by atoms with Gasteiger partial charge in [0.15, 0.2) is 0 Å². The third-order valence-corrected chi connectivity index (χ3v) is 6.73. The van der Waals surface area contributed by atoms with E-state index in [0.29, 0.717) is 18.5 Å². The number of hydrogen-bond acceptors (Lipinski definition) is 5. The van der Waals surface area contributed by atoms with E-state index in [1.807, 2.05) is 18.3 Å². The molecule has 2 heterocycles. The van der Waals surface area contributed by atoms with Crippen LogP contribution in [-0.4, -0.2) is 66.5 Å². The van der Waals surface area contributed by atoms with Crippen molar-refractivity contribution in [3.63, 3.8) is 0 Å². The summed E-state index contributed by atoms with van der Waals surface area (Å²) in [7, 11) is 2.20. The maximum Gasteiger partial charge on any atom is 0.222 e. The van der Waals surface area contributed by atoms with Crippen LogP contribution in [0.15, 0.2) is 48.7 Å². The number of benzene rings is 1. The summed E-state index contributed by atoms with van der Waals surface area (Å²) in [5, 5.41) is 7.07. The average molecular weight is 436 g/mol. The molecule has 0 bridgehead atoms. The van der Waals surface area contributed by atoms with Crippen LogP contribution in [0.25, 0.3) is 0 Å². The third-order valence-electron chi connectivity index (χ3n) is 6.73. The Bertz CT molecular complexity index is 858. The van der Waals surface area contributed by atoms with E-state index in [2.05, 4.69) is 57.8 Å². The van der Waals surface area contributed by atoms with Crippen molar-refractivity contribution in [2.75, 3.05) is 39.8 Å². The highest BCUT2D eigenvalue weighted by atomic mass is 16.2. The first-order valence-corrected chi connectivity index (χ1v) is 12.1. The van der Waals surface area contributed by atoms with Gasteiger partial charge in [-0.2, -0.15) is 0 Å². The number of aryl methyl sites for hydroxylation is 1. The zero-order valence-electron chi connectivity index (χ0n) is 19.3. The molecule has 2 atom stereocenters. The number of hydrogen-bond donors (Lipinski definition) is 2. The first-order valence-electron chi connectivity index (χ1n) is 12.1. The fraction of sp³-hybridized carbons (Fsp3) is 0.538. The van der Waals surface area contributed by atoms with E-state index < -0.39 is 0 Å². The van der Waals surface area contributed by atoms with Crippen molar-refractivity contribution in [3.05, 3.63) is 65.5 Å². The number of carbonyl (C=O) groups excluding carboxylic acids is 1. The summed E-state index contributed by atoms with van der Waals surface area (Å²) >= 11 is 0. The Morgan fingerprint density at radius 1 is 1.25 bits per heavy atom. The molecule has 6 heteroatoms. The molecule has 0 spiro atoms. The summed E-state index contributed by atoms with van der Waals surface area (Å²) in [6.07, 6.45) is 6.92. The van der Waals surface area contributed by atoms with E-state index in [4.69, 9.17) is 4.98 Å². The van der Waals surface area contributed by atoms with Crippen molar-refractivity contribution in [2.24, 2.45) is 0 Å². The van der Waals surface area contributed by atoms with Gasteiger partial charge in [0.25, 0.3) is 0 Å². The predicted molar refractivity (Wildman–Crippen MR) is 128 cm³/mol. The Kier molecular flexibility index (Phi) is 8.26. The minimum atomic E-state index is 0.283. The summed E-state index contributed by atoms with van der Waals surface area (Å²) in [6.45, 7) is 5.13. The summed E-state index contributed by atoms with van der Waals surface area (Å²) in [5.74, 6) is 0.283. The summed E-state index contributed by atoms with van der Waals surface area (Å²) in [4.78, 5) is 22.0. The van der Waals surface area contributed by atoms with Crippen LogP contribution in [0, 0.1) is 0 Å². The summed E-state index contributed by atoms with van der Waals surface area (Å²) in [6, 6.07) is 15.3. The van der Waals surface area contributed by atoms with Gasteiger partial charge in [-0.1, -0.05) is 36.4 Å². The van der Waals surface area contributed by atoms with Gasteiger partial charge in [0.1, 0.15) is 0 Å². The largest absolute Gasteiger partial charge is 0.340 e. The number of carbonyl (C=O) groups is 1. The molecule has 0 saturated carbocycles. The van der Waals surface area contributed by atoms with Gasteiger partial charge in [-0.25, -0.2) is 0 Å². The Morgan fingerprint density at radius 2 is 2.12 bits per heavy atom. The minimum absolute atomic E-state index is 0.283. The number of nitrogens with one attached hydrogen (secondary N) is 2. The molecule has 2 N–H and O–H groups in total. The van der Waals surface area contributed by atoms with Crippen LogP contribution >= 0.6 is 0 Å². The van der Waals surface area contributed by atoms with E-state index >= 15 is 0 Å². The fourth-order valence-corrected chi connectivity index (χ4v) is 5.01. The molecule has 1 amide bonds. The second kappa shape index (κ2) is 11.5. The van der Waals surface area contributed by atoms with Gasteiger partial charge < -0.3 is 15.5 Å². The zero-order chi connectivity index (χ0) is 22.2. The SMILES string of the molecule is CN(CC1CN(C(=O)CCCNCc2ccccc2)CCN1)C1CCCc2cccnc21. The van der Waals surface area contributed by atoms with Gasteiger partial charge in [0.05, 0.1) is 11.7 Å². The van der Waals surface area contributed by atoms with E-state index in [1.165, 1.54) is 23.2 Å². The van der Waals surface area contributed by atoms with Crippen LogP contribution < -0.4 is 10.6 Å². The Morgan fingerprint density at radius 3 is 3.00 bits per heavy atom. The van der Waals surface area contributed by atoms with Crippen molar-refractivity contribution in [3.8, 4) is 0 Å². The number of amides is 1. The van der Waals surface area contributed by atoms with Gasteiger partial charge in [-0.3, -0.25) is 14.7 Å². The van der Waals surface area contributed by atoms with Gasteiger partial charge >= 0.3 is 0 Å². The van der Waals surface area contributed by atoms with E-state index in [-0.39, 0.29) is 5.91 Å². The van der Waals surface area contributed by atoms with E-state index in [1.54, 1.807) is 0 Å². The molecule has 1 saturated heterocycles. The van der Waals surface area contributed by atoms with Crippen LogP contribution in [0.1, 0.15) is 48.5 Å². The average Bonchev–Trinajstić information content (AvgIpc) is 2.84. The lowest BCUT2D eigenvalue weighted by Crippen LogP contribution is -2.56. The number of piperazine rings is 1. The van der Waals surface area contributed by atoms with Gasteiger partial charge in [0, 0.05) is 51.4 Å². The molecule has 1 aliphatic heterocycles. The number of fused-ring (bicyclic) bond motifs is 1. The van der Waals surface area contributed by atoms with Gasteiger partial charge in [0.2, 0.25) is 5.91 Å². The third kappa shape index (κ3) is 6.15. The molecule has 6 nitrogen and oxygen atoms in total. The van der Waals surface area contributed by atoms with Crippen LogP contribution in [0.4, 0.5) is 0 Å². The van der Waals surface area contributed by atoms with Crippen LogP contribution in [0.5, 0.6) is 0 Å². The summed E-state index contributed by atoms with van der Waals surface area (Å²) < 4.78 is 0. The molecule has 1 aromatic heterocycles. The highest BCUT2D eigenvalue weighted by Gasteiger charge is 2.29. The van der Waals surface area contributed by atoms with Crippen molar-refractivity contribution < 1.29 is 4.79 Å². The number of likely N-dealkylation sites (N-methyl/N-ethyl adjacent to an activating group) is 1. The number of nitrogens with zero attached hydrogens (tertiary/aromatic N) is 3. The van der Waals surface area contributed by atoms with Crippen LogP contribution in [0.3, 0.4) is 0 Å². The summed E-state index contributed by atoms with van der Waals surface area (Å²) in [5.41, 5.74) is 3.92. The Labute approximate surface area is 192 Å². The van der Waals surface area contributed by atoms with Crippen LogP contribution in [-0.2, 0) is 17.8 Å². The first kappa shape index (κ1) is 22.9. The zero-order valence-corrected chi connectivity index (χ0v) is 19.3. The number of pyridine rings is 1. The molecule has 2 unspecified atom stereocenters. The van der Waals surface area contributed by atoms with Crippen molar-refractivity contribution >= 4 is 5.91 Å². The van der Waals surface area contributed by atoms with Crippen molar-refractivity contribution in [1.29, 1.82) is 0 Å². The Hall–Kier alpha value is -2.28. The smallest absolute Gasteiger partial charge is 0.222 e. The molecule has 172 valence electrons. The molecular weight excluding hydrogens is 398 g/mol. The monoisotopic (exact) mass is 435 g/mol. The molecule has 1 aromatic carbocycles. The van der Waals surface area contributed by atoms with E-state index in [0.717, 1.165) is 58.5 Å². The van der Waals surface area contributed by atoms with Crippen LogP contribution in [0.2, 0.25) is 0 Å². The fourth-order valence-electron chi connectivity index (χ4n) is 5.01. The van der Waals surface area contributed by atoms with Crippen molar-refractivity contribution in [2.45, 2.75) is 50.7 Å². The number of rotatable bonds is 9. The second-order valence-corrected chi connectivity index (χ2v) is 9.15. The Balaban J connectivity index is 1.20. The normalized spacial score (nSPS) is 20.9. The molecule has 1 aliphatic carbocycles. The standard InChI is InChI=1S/C26H37N5O/c1-30(24-12-5-10-22-11-6-15-29-26(22)24)19-23-20-31(17-16-28-23)25(32)13-7-14-27-18-21-8-3-2-4-9-21/h2-4,6,8-9,11,15,23-24,27-28H,5,7,10,12-14,16-20H2,1H3. The lowest BCUT2D eigenvalue weighted by Gasteiger charge is -2.39. The van der Waals surface area contributed by atoms with Gasteiger partial charge in [-0.05, 0) is 56.5 Å². The lowest BCUT2D eigenvalue weighted by atomic mass is 9.91. The van der Waals surface area contributed by atoms with Crippen molar-refractivity contribution in [1.82, 2.24) is 25.4 Å². The maximum absolute atomic E-state index is 12.8. The highest BCUT2D eigenvalue weighted by Crippen LogP contribution is 2.31. The maximum atomic E-state index is 12.8. The lowest BCUT2D eigenvalue weighted by molar-refractivity contribution is -0.132. The molecule has 32 heavy (non-hydrogen) atoms. The quantitative estimate of drug-likeness (QED) is 0.593. The molecule has 0 radical (unpaired) electrons. The van der Waals surface area contributed by atoms with E-state index in [9.17, 15) is 4.79 Å². The topological polar surface area (TPSA) is 60.5 Å².